The molecule has 94 valence electrons. The van der Waals surface area contributed by atoms with Gasteiger partial charge in [0.2, 0.25) is 0 Å². The van der Waals surface area contributed by atoms with Crippen molar-refractivity contribution in [2.24, 2.45) is 0 Å². The van der Waals surface area contributed by atoms with Gasteiger partial charge < -0.3 is 16.2 Å². The zero-order chi connectivity index (χ0) is 13.3. The van der Waals surface area contributed by atoms with Crippen LogP contribution in [-0.4, -0.2) is 0 Å². The van der Waals surface area contributed by atoms with Gasteiger partial charge in [0.1, 0.15) is 10.8 Å². The first kappa shape index (κ1) is 13.0. The highest BCUT2D eigenvalue weighted by Gasteiger charge is 2.16. The van der Waals surface area contributed by atoms with E-state index in [4.69, 9.17) is 27.8 Å². The van der Waals surface area contributed by atoms with Gasteiger partial charge in [-0.25, -0.2) is 4.39 Å². The minimum Gasteiger partial charge on any atom is -0.452 e. The van der Waals surface area contributed by atoms with Crippen molar-refractivity contribution in [2.75, 3.05) is 11.5 Å². The Bertz CT molecular complexity index is 607. The zero-order valence-electron chi connectivity index (χ0n) is 9.08. The van der Waals surface area contributed by atoms with Gasteiger partial charge in [-0.15, -0.1) is 0 Å². The van der Waals surface area contributed by atoms with Crippen LogP contribution in [0, 0.1) is 5.82 Å². The summed E-state index contributed by atoms with van der Waals surface area (Å²) in [5.74, 6) is -0.461. The summed E-state index contributed by atoms with van der Waals surface area (Å²) in [5.41, 5.74) is 11.3. The molecule has 2 aromatic carbocycles. The van der Waals surface area contributed by atoms with Crippen molar-refractivity contribution in [3.05, 3.63) is 45.6 Å². The van der Waals surface area contributed by atoms with Gasteiger partial charge in [0, 0.05) is 4.47 Å². The monoisotopic (exact) mass is 330 g/mol. The summed E-state index contributed by atoms with van der Waals surface area (Å²) in [5, 5.41) is -0.200. The van der Waals surface area contributed by atoms with E-state index in [0.29, 0.717) is 5.75 Å². The SMILES string of the molecule is Nc1cc(N)c(Oc2cccc(Br)c2)c(F)c1Cl. The van der Waals surface area contributed by atoms with Gasteiger partial charge in [0.25, 0.3) is 0 Å². The topological polar surface area (TPSA) is 61.3 Å². The predicted molar refractivity (Wildman–Crippen MR) is 74.5 cm³/mol. The van der Waals surface area contributed by atoms with Crippen LogP contribution in [0.4, 0.5) is 15.8 Å². The number of anilines is 2. The first-order valence-corrected chi connectivity index (χ1v) is 6.12. The summed E-state index contributed by atoms with van der Waals surface area (Å²) in [6.07, 6.45) is 0. The van der Waals surface area contributed by atoms with E-state index in [2.05, 4.69) is 15.9 Å². The van der Waals surface area contributed by atoms with Crippen molar-refractivity contribution in [1.29, 1.82) is 0 Å². The average Bonchev–Trinajstić information content (AvgIpc) is 2.32. The Morgan fingerprint density at radius 3 is 2.56 bits per heavy atom. The maximum absolute atomic E-state index is 13.9. The Hall–Kier alpha value is -1.46. The molecule has 2 rings (SSSR count). The van der Waals surface area contributed by atoms with Gasteiger partial charge >= 0.3 is 0 Å². The van der Waals surface area contributed by atoms with E-state index in [1.165, 1.54) is 6.07 Å². The van der Waals surface area contributed by atoms with Crippen LogP contribution < -0.4 is 16.2 Å². The third-order valence-corrected chi connectivity index (χ3v) is 3.11. The largest absolute Gasteiger partial charge is 0.452 e. The summed E-state index contributed by atoms with van der Waals surface area (Å²) in [7, 11) is 0. The number of hydrogen-bond donors (Lipinski definition) is 2. The molecule has 4 N–H and O–H groups in total. The molecule has 0 unspecified atom stereocenters. The van der Waals surface area contributed by atoms with Crippen molar-refractivity contribution in [2.45, 2.75) is 0 Å². The highest BCUT2D eigenvalue weighted by Crippen LogP contribution is 2.38. The summed E-state index contributed by atoms with van der Waals surface area (Å²) >= 11 is 9.00. The summed E-state index contributed by atoms with van der Waals surface area (Å²) in [6, 6.07) is 8.30. The van der Waals surface area contributed by atoms with E-state index in [-0.39, 0.29) is 22.1 Å². The lowest BCUT2D eigenvalue weighted by molar-refractivity contribution is 0.445. The van der Waals surface area contributed by atoms with Crippen molar-refractivity contribution < 1.29 is 9.13 Å². The second-order valence-electron chi connectivity index (χ2n) is 3.57. The molecule has 0 aliphatic heterocycles. The maximum atomic E-state index is 13.9. The molecule has 0 bridgehead atoms. The van der Waals surface area contributed by atoms with E-state index in [1.54, 1.807) is 18.2 Å². The molecule has 0 heterocycles. The number of halogens is 3. The van der Waals surface area contributed by atoms with Crippen LogP contribution in [0.15, 0.2) is 34.8 Å². The number of nitrogens with two attached hydrogens (primary N) is 2. The van der Waals surface area contributed by atoms with Crippen molar-refractivity contribution >= 4 is 38.9 Å². The summed E-state index contributed by atoms with van der Waals surface area (Å²) in [4.78, 5) is 0. The second kappa shape index (κ2) is 5.04. The number of rotatable bonds is 2. The fraction of sp³-hybridized carbons (Fsp3) is 0. The molecule has 0 saturated heterocycles. The average molecular weight is 332 g/mol. The molecule has 0 spiro atoms. The van der Waals surface area contributed by atoms with Crippen LogP contribution in [0.25, 0.3) is 0 Å². The van der Waals surface area contributed by atoms with Gasteiger partial charge in [-0.1, -0.05) is 33.6 Å². The van der Waals surface area contributed by atoms with Crippen molar-refractivity contribution in [1.82, 2.24) is 0 Å². The molecule has 3 nitrogen and oxygen atoms in total. The number of nitrogen functional groups attached to an aromatic ring is 2. The third-order valence-electron chi connectivity index (χ3n) is 2.23. The number of ether oxygens (including phenoxy) is 1. The second-order valence-corrected chi connectivity index (χ2v) is 4.87. The Morgan fingerprint density at radius 1 is 1.17 bits per heavy atom. The van der Waals surface area contributed by atoms with Crippen LogP contribution in [0.5, 0.6) is 11.5 Å². The molecule has 6 heteroatoms. The Labute approximate surface area is 117 Å². The molecule has 2 aromatic rings. The molecule has 0 aliphatic carbocycles. The first-order valence-electron chi connectivity index (χ1n) is 4.95. The van der Waals surface area contributed by atoms with E-state index in [9.17, 15) is 4.39 Å². The minimum atomic E-state index is -0.769. The summed E-state index contributed by atoms with van der Waals surface area (Å²) in [6.45, 7) is 0. The van der Waals surface area contributed by atoms with Crippen LogP contribution in [0.1, 0.15) is 0 Å². The van der Waals surface area contributed by atoms with Gasteiger partial charge in [-0.05, 0) is 24.3 Å². The summed E-state index contributed by atoms with van der Waals surface area (Å²) < 4.78 is 20.1. The van der Waals surface area contributed by atoms with Crippen LogP contribution in [0.2, 0.25) is 5.02 Å². The van der Waals surface area contributed by atoms with Crippen LogP contribution in [0.3, 0.4) is 0 Å². The standard InChI is InChI=1S/C12H9BrClFN2O/c13-6-2-1-3-7(4-6)18-12-9(17)5-8(16)10(14)11(12)15/h1-5H,16-17H2. The molecule has 0 aromatic heterocycles. The molecule has 0 amide bonds. The number of benzene rings is 2. The van der Waals surface area contributed by atoms with Crippen LogP contribution >= 0.6 is 27.5 Å². The highest BCUT2D eigenvalue weighted by atomic mass is 79.9. The molecule has 0 saturated carbocycles. The van der Waals surface area contributed by atoms with E-state index in [0.717, 1.165) is 4.47 Å². The Morgan fingerprint density at radius 2 is 1.89 bits per heavy atom. The molecule has 18 heavy (non-hydrogen) atoms. The lowest BCUT2D eigenvalue weighted by atomic mass is 10.2. The lowest BCUT2D eigenvalue weighted by Crippen LogP contribution is -1.99. The Kier molecular flexibility index (Phi) is 3.63. The molecule has 0 atom stereocenters. The molecule has 0 aliphatic rings. The smallest absolute Gasteiger partial charge is 0.188 e. The Balaban J connectivity index is 2.44. The van der Waals surface area contributed by atoms with Crippen LogP contribution in [-0.2, 0) is 0 Å². The molecular formula is C12H9BrClFN2O. The van der Waals surface area contributed by atoms with Gasteiger partial charge in [-0.3, -0.25) is 0 Å². The van der Waals surface area contributed by atoms with Gasteiger partial charge in [0.05, 0.1) is 11.4 Å². The van der Waals surface area contributed by atoms with Gasteiger partial charge in [0.15, 0.2) is 11.6 Å². The first-order chi connectivity index (χ1) is 8.49. The third kappa shape index (κ3) is 2.52. The van der Waals surface area contributed by atoms with E-state index >= 15 is 0 Å². The fourth-order valence-corrected chi connectivity index (χ4v) is 1.92. The fourth-order valence-electron chi connectivity index (χ4n) is 1.40. The minimum absolute atomic E-state index is 0.0771. The lowest BCUT2D eigenvalue weighted by Gasteiger charge is -2.12. The highest BCUT2D eigenvalue weighted by molar-refractivity contribution is 9.10. The van der Waals surface area contributed by atoms with E-state index < -0.39 is 5.82 Å². The van der Waals surface area contributed by atoms with Gasteiger partial charge in [-0.2, -0.15) is 0 Å². The zero-order valence-corrected chi connectivity index (χ0v) is 11.4. The van der Waals surface area contributed by atoms with Crippen molar-refractivity contribution in [3.63, 3.8) is 0 Å². The normalized spacial score (nSPS) is 10.4. The maximum Gasteiger partial charge on any atom is 0.188 e. The molecular weight excluding hydrogens is 322 g/mol. The van der Waals surface area contributed by atoms with Crippen molar-refractivity contribution in [3.8, 4) is 11.5 Å². The predicted octanol–water partition coefficient (Wildman–Crippen LogP) is 4.20. The quantitative estimate of drug-likeness (QED) is 0.811. The van der Waals surface area contributed by atoms with E-state index in [1.807, 2.05) is 6.07 Å². The molecule has 0 radical (unpaired) electrons. The molecule has 0 fully saturated rings. The number of hydrogen-bond acceptors (Lipinski definition) is 3.